The standard InChI is InChI=1S/C15H26O4/c1-3-4-5-10-14-13(17)9-7-6-8-12(16)11(2)15(18)19-14/h6,8,11-14,16-17H,3-5,7,9-10H2,1-2H3/b8-6-/t11-,12-,13+,14-/m1/s1. The summed E-state index contributed by atoms with van der Waals surface area (Å²) in [6, 6.07) is 0. The van der Waals surface area contributed by atoms with E-state index in [1.807, 2.05) is 6.08 Å². The lowest BCUT2D eigenvalue weighted by Crippen LogP contribution is -2.36. The molecule has 2 N–H and O–H groups in total. The van der Waals surface area contributed by atoms with Crippen LogP contribution in [0.15, 0.2) is 12.2 Å². The first-order valence-electron chi connectivity index (χ1n) is 7.29. The van der Waals surface area contributed by atoms with E-state index in [-0.39, 0.29) is 0 Å². The second kappa shape index (κ2) is 8.33. The van der Waals surface area contributed by atoms with Crippen molar-refractivity contribution in [1.82, 2.24) is 0 Å². The molecule has 0 aromatic carbocycles. The summed E-state index contributed by atoms with van der Waals surface area (Å²) in [4.78, 5) is 11.9. The lowest BCUT2D eigenvalue weighted by Gasteiger charge is -2.26. The van der Waals surface area contributed by atoms with Gasteiger partial charge >= 0.3 is 5.97 Å². The molecule has 0 saturated heterocycles. The Kier molecular flexibility index (Phi) is 7.10. The predicted molar refractivity (Wildman–Crippen MR) is 73.6 cm³/mol. The van der Waals surface area contributed by atoms with Gasteiger partial charge in [-0.15, -0.1) is 0 Å². The topological polar surface area (TPSA) is 66.8 Å². The van der Waals surface area contributed by atoms with E-state index >= 15 is 0 Å². The molecule has 4 atom stereocenters. The van der Waals surface area contributed by atoms with Gasteiger partial charge in [-0.2, -0.15) is 0 Å². The van der Waals surface area contributed by atoms with E-state index in [2.05, 4.69) is 6.92 Å². The van der Waals surface area contributed by atoms with Crippen molar-refractivity contribution in [3.05, 3.63) is 12.2 Å². The van der Waals surface area contributed by atoms with Crippen LogP contribution in [0.3, 0.4) is 0 Å². The Balaban J connectivity index is 2.67. The van der Waals surface area contributed by atoms with E-state index < -0.39 is 30.2 Å². The maximum absolute atomic E-state index is 11.9. The van der Waals surface area contributed by atoms with Gasteiger partial charge in [0.05, 0.1) is 18.1 Å². The summed E-state index contributed by atoms with van der Waals surface area (Å²) in [6.07, 6.45) is 6.60. The minimum absolute atomic E-state index is 0.431. The van der Waals surface area contributed by atoms with E-state index in [1.54, 1.807) is 13.0 Å². The zero-order valence-corrected chi connectivity index (χ0v) is 11.9. The molecule has 19 heavy (non-hydrogen) atoms. The number of esters is 1. The zero-order chi connectivity index (χ0) is 14.3. The van der Waals surface area contributed by atoms with Crippen LogP contribution in [-0.4, -0.2) is 34.5 Å². The van der Waals surface area contributed by atoms with Crippen molar-refractivity contribution in [2.75, 3.05) is 0 Å². The molecular weight excluding hydrogens is 244 g/mol. The Bertz CT molecular complexity index is 301. The SMILES string of the molecule is CCCCC[C@H]1OC(=O)[C@H](C)[C@H](O)/C=C\CC[C@@H]1O. The van der Waals surface area contributed by atoms with Crippen molar-refractivity contribution in [2.24, 2.45) is 5.92 Å². The summed E-state index contributed by atoms with van der Waals surface area (Å²) >= 11 is 0. The lowest BCUT2D eigenvalue weighted by molar-refractivity contribution is -0.163. The average Bonchev–Trinajstić information content (AvgIpc) is 2.40. The van der Waals surface area contributed by atoms with Gasteiger partial charge in [-0.05, 0) is 32.6 Å². The van der Waals surface area contributed by atoms with Crippen molar-refractivity contribution in [1.29, 1.82) is 0 Å². The van der Waals surface area contributed by atoms with Crippen LogP contribution in [0.4, 0.5) is 0 Å². The van der Waals surface area contributed by atoms with Gasteiger partial charge in [0.2, 0.25) is 0 Å². The van der Waals surface area contributed by atoms with Gasteiger partial charge in [0.25, 0.3) is 0 Å². The maximum Gasteiger partial charge on any atom is 0.311 e. The molecule has 0 fully saturated rings. The highest BCUT2D eigenvalue weighted by Gasteiger charge is 2.28. The molecule has 0 unspecified atom stereocenters. The van der Waals surface area contributed by atoms with E-state index in [9.17, 15) is 15.0 Å². The summed E-state index contributed by atoms with van der Waals surface area (Å²) in [5.74, 6) is -1.02. The van der Waals surface area contributed by atoms with Gasteiger partial charge in [-0.3, -0.25) is 4.79 Å². The molecule has 1 heterocycles. The van der Waals surface area contributed by atoms with Crippen LogP contribution in [0.1, 0.15) is 52.4 Å². The minimum Gasteiger partial charge on any atom is -0.459 e. The predicted octanol–water partition coefficient (Wildman–Crippen LogP) is 2.19. The number of hydrogen-bond donors (Lipinski definition) is 2. The molecular formula is C15H26O4. The molecule has 0 aliphatic carbocycles. The Morgan fingerprint density at radius 2 is 2.11 bits per heavy atom. The Labute approximate surface area is 115 Å². The van der Waals surface area contributed by atoms with E-state index in [0.717, 1.165) is 19.3 Å². The van der Waals surface area contributed by atoms with Gasteiger partial charge in [0, 0.05) is 0 Å². The third-order valence-electron chi connectivity index (χ3n) is 3.64. The molecule has 0 amide bonds. The molecule has 0 aromatic rings. The van der Waals surface area contributed by atoms with E-state index in [4.69, 9.17) is 4.74 Å². The smallest absolute Gasteiger partial charge is 0.311 e. The second-order valence-electron chi connectivity index (χ2n) is 5.32. The Morgan fingerprint density at radius 1 is 1.37 bits per heavy atom. The van der Waals surface area contributed by atoms with Crippen LogP contribution in [0.5, 0.6) is 0 Å². The van der Waals surface area contributed by atoms with E-state index in [1.165, 1.54) is 0 Å². The molecule has 0 bridgehead atoms. The van der Waals surface area contributed by atoms with Crippen LogP contribution < -0.4 is 0 Å². The number of unbranched alkanes of at least 4 members (excludes halogenated alkanes) is 2. The summed E-state index contributed by atoms with van der Waals surface area (Å²) < 4.78 is 5.39. The summed E-state index contributed by atoms with van der Waals surface area (Å²) in [6.45, 7) is 3.76. The fraction of sp³-hybridized carbons (Fsp3) is 0.800. The number of ether oxygens (including phenoxy) is 1. The first-order valence-corrected chi connectivity index (χ1v) is 7.29. The average molecular weight is 270 g/mol. The molecule has 0 radical (unpaired) electrons. The van der Waals surface area contributed by atoms with Crippen LogP contribution >= 0.6 is 0 Å². The molecule has 1 aliphatic rings. The number of cyclic esters (lactones) is 1. The van der Waals surface area contributed by atoms with Crippen molar-refractivity contribution in [2.45, 2.75) is 70.7 Å². The number of carbonyl (C=O) groups is 1. The number of aliphatic hydroxyl groups is 2. The number of aliphatic hydroxyl groups excluding tert-OH is 2. The summed E-state index contributed by atoms with van der Waals surface area (Å²) in [5.41, 5.74) is 0. The van der Waals surface area contributed by atoms with Crippen LogP contribution in [-0.2, 0) is 9.53 Å². The van der Waals surface area contributed by atoms with Crippen LogP contribution in [0.25, 0.3) is 0 Å². The van der Waals surface area contributed by atoms with Gasteiger partial charge in [-0.1, -0.05) is 31.9 Å². The molecule has 0 aromatic heterocycles. The summed E-state index contributed by atoms with van der Waals surface area (Å²) in [5, 5.41) is 19.9. The first-order chi connectivity index (χ1) is 9.06. The highest BCUT2D eigenvalue weighted by Crippen LogP contribution is 2.19. The normalized spacial score (nSPS) is 34.6. The van der Waals surface area contributed by atoms with Crippen molar-refractivity contribution >= 4 is 5.97 Å². The fourth-order valence-electron chi connectivity index (χ4n) is 2.18. The van der Waals surface area contributed by atoms with Crippen molar-refractivity contribution in [3.8, 4) is 0 Å². The highest BCUT2D eigenvalue weighted by atomic mass is 16.6. The Hall–Kier alpha value is -0.870. The first kappa shape index (κ1) is 16.2. The molecule has 4 heteroatoms. The maximum atomic E-state index is 11.9. The monoisotopic (exact) mass is 270 g/mol. The third-order valence-corrected chi connectivity index (χ3v) is 3.64. The molecule has 0 saturated carbocycles. The van der Waals surface area contributed by atoms with E-state index in [0.29, 0.717) is 19.3 Å². The molecule has 110 valence electrons. The third kappa shape index (κ3) is 5.33. The quantitative estimate of drug-likeness (QED) is 0.467. The van der Waals surface area contributed by atoms with Gasteiger partial charge in [0.1, 0.15) is 6.10 Å². The zero-order valence-electron chi connectivity index (χ0n) is 11.9. The summed E-state index contributed by atoms with van der Waals surface area (Å²) in [7, 11) is 0. The number of carbonyl (C=O) groups excluding carboxylic acids is 1. The number of hydrogen-bond acceptors (Lipinski definition) is 4. The molecule has 1 rings (SSSR count). The van der Waals surface area contributed by atoms with Gasteiger partial charge in [-0.25, -0.2) is 0 Å². The number of rotatable bonds is 4. The van der Waals surface area contributed by atoms with Gasteiger partial charge < -0.3 is 14.9 Å². The minimum atomic E-state index is -0.806. The molecule has 0 spiro atoms. The van der Waals surface area contributed by atoms with Crippen molar-refractivity contribution < 1.29 is 19.7 Å². The molecule has 1 aliphatic heterocycles. The van der Waals surface area contributed by atoms with Gasteiger partial charge in [0.15, 0.2) is 0 Å². The lowest BCUT2D eigenvalue weighted by atomic mass is 9.98. The molecule has 4 nitrogen and oxygen atoms in total. The number of allylic oxidation sites excluding steroid dienone is 1. The second-order valence-corrected chi connectivity index (χ2v) is 5.32. The highest BCUT2D eigenvalue weighted by molar-refractivity contribution is 5.73. The van der Waals surface area contributed by atoms with Crippen LogP contribution in [0.2, 0.25) is 0 Å². The largest absolute Gasteiger partial charge is 0.459 e. The Morgan fingerprint density at radius 3 is 2.79 bits per heavy atom. The van der Waals surface area contributed by atoms with Crippen molar-refractivity contribution in [3.63, 3.8) is 0 Å². The van der Waals surface area contributed by atoms with Crippen LogP contribution in [0, 0.1) is 5.92 Å². The fourth-order valence-corrected chi connectivity index (χ4v) is 2.18.